The molecule has 2 aromatic heterocycles. The highest BCUT2D eigenvalue weighted by Crippen LogP contribution is 2.36. The van der Waals surface area contributed by atoms with Gasteiger partial charge in [-0.3, -0.25) is 9.48 Å². The third-order valence-corrected chi connectivity index (χ3v) is 4.20. The van der Waals surface area contributed by atoms with E-state index < -0.39 is 0 Å². The van der Waals surface area contributed by atoms with Crippen molar-refractivity contribution in [1.82, 2.24) is 19.8 Å². The lowest BCUT2D eigenvalue weighted by Gasteiger charge is -2.24. The number of rotatable bonds is 2. The summed E-state index contributed by atoms with van der Waals surface area (Å²) in [5.41, 5.74) is 2.15. The summed E-state index contributed by atoms with van der Waals surface area (Å²) in [5.74, 6) is 0.632. The maximum atomic E-state index is 12.7. The lowest BCUT2D eigenvalue weighted by Crippen LogP contribution is -2.31. The van der Waals surface area contributed by atoms with E-state index in [0.717, 1.165) is 29.9 Å². The summed E-state index contributed by atoms with van der Waals surface area (Å²) in [7, 11) is 1.75. The molecule has 0 aliphatic carbocycles. The number of aryl methyl sites for hydroxylation is 3. The third kappa shape index (κ3) is 2.33. The van der Waals surface area contributed by atoms with Crippen molar-refractivity contribution in [3.8, 4) is 0 Å². The normalized spacial score (nSPS) is 18.5. The van der Waals surface area contributed by atoms with Gasteiger partial charge in [0, 0.05) is 25.4 Å². The fourth-order valence-corrected chi connectivity index (χ4v) is 3.28. The Morgan fingerprint density at radius 2 is 2.24 bits per heavy atom. The van der Waals surface area contributed by atoms with Crippen molar-refractivity contribution >= 4 is 17.5 Å². The van der Waals surface area contributed by atoms with Gasteiger partial charge in [0.05, 0.1) is 16.8 Å². The Kier molecular flexibility index (Phi) is 3.49. The maximum absolute atomic E-state index is 12.7. The minimum atomic E-state index is -0.136. The second-order valence-corrected chi connectivity index (χ2v) is 5.80. The van der Waals surface area contributed by atoms with Gasteiger partial charge in [-0.25, -0.2) is 0 Å². The van der Waals surface area contributed by atoms with Crippen molar-refractivity contribution in [2.75, 3.05) is 6.54 Å². The number of amides is 1. The molecule has 112 valence electrons. The first-order valence-electron chi connectivity index (χ1n) is 6.92. The average Bonchev–Trinajstić information content (AvgIpc) is 3.09. The van der Waals surface area contributed by atoms with E-state index in [1.54, 1.807) is 17.9 Å². The molecule has 1 saturated heterocycles. The summed E-state index contributed by atoms with van der Waals surface area (Å²) in [6, 6.07) is -0.0122. The Bertz CT molecular complexity index is 672. The molecule has 0 radical (unpaired) electrons. The standard InChI is InChI=1S/C14H17ClN4O2/c1-8-12(9(2)21-17-8)11-5-4-6-19(11)14(20)13-10(15)7-18(3)16-13/h7,11H,4-6H2,1-3H3. The van der Waals surface area contributed by atoms with Gasteiger partial charge in [0.1, 0.15) is 5.76 Å². The zero-order chi connectivity index (χ0) is 15.1. The van der Waals surface area contributed by atoms with E-state index in [2.05, 4.69) is 10.3 Å². The molecule has 1 aliphatic rings. The third-order valence-electron chi connectivity index (χ3n) is 3.92. The highest BCUT2D eigenvalue weighted by Gasteiger charge is 2.35. The molecule has 3 rings (SSSR count). The van der Waals surface area contributed by atoms with Crippen molar-refractivity contribution in [3.05, 3.63) is 33.9 Å². The van der Waals surface area contributed by atoms with Gasteiger partial charge in [0.15, 0.2) is 5.69 Å². The highest BCUT2D eigenvalue weighted by atomic mass is 35.5. The predicted octanol–water partition coefficient (Wildman–Crippen LogP) is 2.66. The van der Waals surface area contributed by atoms with E-state index in [1.165, 1.54) is 0 Å². The maximum Gasteiger partial charge on any atom is 0.276 e. The molecule has 1 aliphatic heterocycles. The van der Waals surface area contributed by atoms with Gasteiger partial charge in [-0.1, -0.05) is 16.8 Å². The topological polar surface area (TPSA) is 64.2 Å². The number of likely N-dealkylation sites (tertiary alicyclic amines) is 1. The van der Waals surface area contributed by atoms with E-state index in [1.807, 2.05) is 18.7 Å². The van der Waals surface area contributed by atoms with Gasteiger partial charge >= 0.3 is 0 Å². The Morgan fingerprint density at radius 1 is 1.48 bits per heavy atom. The average molecular weight is 309 g/mol. The Morgan fingerprint density at radius 3 is 2.81 bits per heavy atom. The van der Waals surface area contributed by atoms with Crippen LogP contribution < -0.4 is 0 Å². The van der Waals surface area contributed by atoms with Crippen molar-refractivity contribution in [2.24, 2.45) is 7.05 Å². The Hall–Kier alpha value is -1.82. The van der Waals surface area contributed by atoms with Crippen LogP contribution in [0.25, 0.3) is 0 Å². The second kappa shape index (κ2) is 5.18. The first-order valence-corrected chi connectivity index (χ1v) is 7.29. The summed E-state index contributed by atoms with van der Waals surface area (Å²) in [6.45, 7) is 4.48. The number of carbonyl (C=O) groups excluding carboxylic acids is 1. The van der Waals surface area contributed by atoms with Gasteiger partial charge in [-0.05, 0) is 26.7 Å². The molecule has 1 unspecified atom stereocenters. The predicted molar refractivity (Wildman–Crippen MR) is 77.2 cm³/mol. The van der Waals surface area contributed by atoms with Gasteiger partial charge in [0.25, 0.3) is 5.91 Å². The van der Waals surface area contributed by atoms with Gasteiger partial charge < -0.3 is 9.42 Å². The van der Waals surface area contributed by atoms with Crippen molar-refractivity contribution in [3.63, 3.8) is 0 Å². The lowest BCUT2D eigenvalue weighted by molar-refractivity contribution is 0.0728. The number of halogens is 1. The van der Waals surface area contributed by atoms with Crippen LogP contribution in [0.2, 0.25) is 5.02 Å². The fourth-order valence-electron chi connectivity index (χ4n) is 3.02. The summed E-state index contributed by atoms with van der Waals surface area (Å²) in [4.78, 5) is 14.5. The summed E-state index contributed by atoms with van der Waals surface area (Å²) in [5, 5.41) is 8.54. The molecule has 3 heterocycles. The quantitative estimate of drug-likeness (QED) is 0.855. The van der Waals surface area contributed by atoms with Crippen LogP contribution in [0.4, 0.5) is 0 Å². The SMILES string of the molecule is Cc1noc(C)c1C1CCCN1C(=O)c1nn(C)cc1Cl. The minimum absolute atomic E-state index is 0.0122. The van der Waals surface area contributed by atoms with Gasteiger partial charge in [-0.15, -0.1) is 0 Å². The number of nitrogens with zero attached hydrogens (tertiary/aromatic N) is 4. The molecule has 1 atom stereocenters. The summed E-state index contributed by atoms with van der Waals surface area (Å²) in [6.07, 6.45) is 3.49. The molecule has 0 bridgehead atoms. The fraction of sp³-hybridized carbons (Fsp3) is 0.500. The van der Waals surface area contributed by atoms with E-state index in [9.17, 15) is 4.79 Å². The molecule has 0 aromatic carbocycles. The van der Waals surface area contributed by atoms with E-state index in [4.69, 9.17) is 16.1 Å². The lowest BCUT2D eigenvalue weighted by atomic mass is 10.0. The molecule has 7 heteroatoms. The van der Waals surface area contributed by atoms with E-state index in [0.29, 0.717) is 17.3 Å². The zero-order valence-electron chi connectivity index (χ0n) is 12.3. The second-order valence-electron chi connectivity index (χ2n) is 5.39. The molecule has 2 aromatic rings. The van der Waals surface area contributed by atoms with Gasteiger partial charge in [0.2, 0.25) is 0 Å². The van der Waals surface area contributed by atoms with Crippen molar-refractivity contribution in [1.29, 1.82) is 0 Å². The van der Waals surface area contributed by atoms with Gasteiger partial charge in [-0.2, -0.15) is 5.10 Å². The molecule has 6 nitrogen and oxygen atoms in total. The number of hydrogen-bond acceptors (Lipinski definition) is 4. The molecule has 0 N–H and O–H groups in total. The molecule has 21 heavy (non-hydrogen) atoms. The van der Waals surface area contributed by atoms with Crippen LogP contribution in [-0.4, -0.2) is 32.3 Å². The van der Waals surface area contributed by atoms with Crippen molar-refractivity contribution in [2.45, 2.75) is 32.7 Å². The van der Waals surface area contributed by atoms with Crippen LogP contribution in [0.3, 0.4) is 0 Å². The first kappa shape index (κ1) is 14.1. The number of carbonyl (C=O) groups is 1. The summed E-state index contributed by atoms with van der Waals surface area (Å²) >= 11 is 6.09. The Balaban J connectivity index is 1.94. The van der Waals surface area contributed by atoms with E-state index in [-0.39, 0.29) is 11.9 Å². The number of aromatic nitrogens is 3. The smallest absolute Gasteiger partial charge is 0.276 e. The Labute approximate surface area is 127 Å². The highest BCUT2D eigenvalue weighted by molar-refractivity contribution is 6.33. The molecule has 0 spiro atoms. The van der Waals surface area contributed by atoms with Crippen LogP contribution in [0.15, 0.2) is 10.7 Å². The molecule has 1 fully saturated rings. The largest absolute Gasteiger partial charge is 0.361 e. The molecule has 1 amide bonds. The first-order chi connectivity index (χ1) is 9.99. The molecule has 0 saturated carbocycles. The molecular weight excluding hydrogens is 292 g/mol. The van der Waals surface area contributed by atoms with Crippen LogP contribution in [-0.2, 0) is 7.05 Å². The monoisotopic (exact) mass is 308 g/mol. The van der Waals surface area contributed by atoms with Crippen molar-refractivity contribution < 1.29 is 9.32 Å². The number of hydrogen-bond donors (Lipinski definition) is 0. The minimum Gasteiger partial charge on any atom is -0.361 e. The van der Waals surface area contributed by atoms with Crippen LogP contribution >= 0.6 is 11.6 Å². The molecular formula is C14H17ClN4O2. The van der Waals surface area contributed by atoms with Crippen LogP contribution in [0.5, 0.6) is 0 Å². The summed E-state index contributed by atoms with van der Waals surface area (Å²) < 4.78 is 6.79. The van der Waals surface area contributed by atoms with Crippen LogP contribution in [0.1, 0.15) is 46.4 Å². The zero-order valence-corrected chi connectivity index (χ0v) is 13.0. The van der Waals surface area contributed by atoms with Crippen LogP contribution in [0, 0.1) is 13.8 Å². The van der Waals surface area contributed by atoms with E-state index >= 15 is 0 Å².